The molecule has 1 saturated heterocycles. The Kier molecular flexibility index (Phi) is 9.94. The molecule has 0 radical (unpaired) electrons. The van der Waals surface area contributed by atoms with Crippen molar-refractivity contribution in [1.29, 1.82) is 0 Å². The maximum absolute atomic E-state index is 14.3. The molecular weight excluding hydrogens is 614 g/mol. The van der Waals surface area contributed by atoms with Crippen LogP contribution < -0.4 is 14.2 Å². The first-order valence-electron chi connectivity index (χ1n) is 15.6. The van der Waals surface area contributed by atoms with E-state index in [0.717, 1.165) is 19.6 Å². The van der Waals surface area contributed by atoms with Crippen LogP contribution in [0.5, 0.6) is 17.2 Å². The van der Waals surface area contributed by atoms with Gasteiger partial charge in [-0.1, -0.05) is 30.7 Å². The lowest BCUT2D eigenvalue weighted by molar-refractivity contribution is 0.0600. The molecule has 1 fully saturated rings. The molecule has 0 aliphatic carbocycles. The van der Waals surface area contributed by atoms with E-state index in [2.05, 4.69) is 4.90 Å². The van der Waals surface area contributed by atoms with Gasteiger partial charge in [-0.05, 0) is 86.6 Å². The summed E-state index contributed by atoms with van der Waals surface area (Å²) in [5.74, 6) is 0.187. The minimum Gasteiger partial charge on any atom is -0.497 e. The largest absolute Gasteiger partial charge is 0.497 e. The molecular formula is C38H35NO7S. The van der Waals surface area contributed by atoms with Gasteiger partial charge in [-0.2, -0.15) is 0 Å². The standard InChI is InChI=1S/C38H35NO7S/c1-43-29-16-18-30(32(24-29)46-38(42)26-9-5-3-6-10-26)36-34(31-17-13-27(37(41)44-2)23-33(31)47-36)35(40)25-11-14-28(15-12-25)45-22-21-39-19-7-4-8-20-39/h3,5-6,9-18,23-24H,4,7-8,19-22H2,1-2H3. The van der Waals surface area contributed by atoms with Gasteiger partial charge in [-0.25, -0.2) is 9.59 Å². The number of benzene rings is 4. The summed E-state index contributed by atoms with van der Waals surface area (Å²) in [6.45, 7) is 3.67. The second-order valence-electron chi connectivity index (χ2n) is 11.2. The molecule has 0 N–H and O–H groups in total. The Morgan fingerprint density at radius 3 is 2.19 bits per heavy atom. The smallest absolute Gasteiger partial charge is 0.343 e. The maximum atomic E-state index is 14.3. The first kappa shape index (κ1) is 32.0. The van der Waals surface area contributed by atoms with Crippen LogP contribution in [0.2, 0.25) is 0 Å². The minimum absolute atomic E-state index is 0.215. The van der Waals surface area contributed by atoms with Gasteiger partial charge in [0.15, 0.2) is 5.78 Å². The fraction of sp³-hybridized carbons (Fsp3) is 0.237. The number of fused-ring (bicyclic) bond motifs is 1. The highest BCUT2D eigenvalue weighted by Crippen LogP contribution is 2.45. The highest BCUT2D eigenvalue weighted by atomic mass is 32.1. The second-order valence-corrected chi connectivity index (χ2v) is 12.3. The van der Waals surface area contributed by atoms with Gasteiger partial charge >= 0.3 is 11.9 Å². The number of rotatable bonds is 11. The van der Waals surface area contributed by atoms with Crippen molar-refractivity contribution in [1.82, 2.24) is 4.90 Å². The summed E-state index contributed by atoms with van der Waals surface area (Å²) in [6, 6.07) is 26.1. The van der Waals surface area contributed by atoms with Gasteiger partial charge in [0.05, 0.1) is 30.2 Å². The number of likely N-dealkylation sites (tertiary alicyclic amines) is 1. The Morgan fingerprint density at radius 1 is 0.745 bits per heavy atom. The van der Waals surface area contributed by atoms with Crippen LogP contribution in [0, 0.1) is 0 Å². The molecule has 1 aromatic heterocycles. The van der Waals surface area contributed by atoms with Crippen molar-refractivity contribution in [3.8, 4) is 27.7 Å². The van der Waals surface area contributed by atoms with Crippen LogP contribution in [-0.4, -0.2) is 63.1 Å². The summed E-state index contributed by atoms with van der Waals surface area (Å²) in [6.07, 6.45) is 3.75. The van der Waals surface area contributed by atoms with Crippen molar-refractivity contribution in [2.75, 3.05) is 40.5 Å². The Balaban J connectivity index is 1.36. The maximum Gasteiger partial charge on any atom is 0.343 e. The molecule has 47 heavy (non-hydrogen) atoms. The van der Waals surface area contributed by atoms with E-state index < -0.39 is 11.9 Å². The van der Waals surface area contributed by atoms with Crippen LogP contribution in [-0.2, 0) is 4.74 Å². The molecule has 0 unspecified atom stereocenters. The number of hydrogen-bond donors (Lipinski definition) is 0. The quantitative estimate of drug-likeness (QED) is 0.0818. The third-order valence-corrected chi connectivity index (χ3v) is 9.41. The summed E-state index contributed by atoms with van der Waals surface area (Å²) >= 11 is 1.33. The SMILES string of the molecule is COC(=O)c1ccc2c(C(=O)c3ccc(OCCN4CCCCC4)cc3)c(-c3ccc(OC)cc3OC(=O)c3ccccc3)sc2c1. The molecule has 0 spiro atoms. The molecule has 8 nitrogen and oxygen atoms in total. The summed E-state index contributed by atoms with van der Waals surface area (Å²) in [7, 11) is 2.86. The summed E-state index contributed by atoms with van der Waals surface area (Å²) in [4.78, 5) is 42.9. The predicted octanol–water partition coefficient (Wildman–Crippen LogP) is 7.68. The Hall–Kier alpha value is -4.99. The summed E-state index contributed by atoms with van der Waals surface area (Å²) in [5, 5.41) is 0.667. The first-order chi connectivity index (χ1) is 22.9. The monoisotopic (exact) mass is 649 g/mol. The average molecular weight is 650 g/mol. The van der Waals surface area contributed by atoms with Crippen molar-refractivity contribution >= 4 is 39.1 Å². The number of thiophene rings is 1. The highest BCUT2D eigenvalue weighted by Gasteiger charge is 2.26. The Labute approximate surface area is 277 Å². The average Bonchev–Trinajstić information content (AvgIpc) is 3.50. The number of hydrogen-bond acceptors (Lipinski definition) is 9. The van der Waals surface area contributed by atoms with Crippen molar-refractivity contribution in [3.63, 3.8) is 0 Å². The number of ketones is 1. The summed E-state index contributed by atoms with van der Waals surface area (Å²) < 4.78 is 23.0. The van der Waals surface area contributed by atoms with Crippen LogP contribution in [0.1, 0.15) is 55.9 Å². The molecule has 0 saturated carbocycles. The molecule has 1 aliphatic heterocycles. The van der Waals surface area contributed by atoms with Crippen molar-refractivity contribution in [2.24, 2.45) is 0 Å². The number of nitrogens with zero attached hydrogens (tertiary/aromatic N) is 1. The Morgan fingerprint density at radius 2 is 1.47 bits per heavy atom. The van der Waals surface area contributed by atoms with E-state index in [1.54, 1.807) is 72.8 Å². The number of methoxy groups -OCH3 is 2. The van der Waals surface area contributed by atoms with E-state index in [0.29, 0.717) is 60.9 Å². The van der Waals surface area contributed by atoms with Gasteiger partial charge in [0.2, 0.25) is 0 Å². The predicted molar refractivity (Wildman–Crippen MR) is 182 cm³/mol. The summed E-state index contributed by atoms with van der Waals surface area (Å²) in [5.41, 5.74) is 2.19. The van der Waals surface area contributed by atoms with Crippen LogP contribution >= 0.6 is 11.3 Å². The zero-order valence-electron chi connectivity index (χ0n) is 26.3. The number of carbonyl (C=O) groups is 3. The molecule has 1 aliphatic rings. The van der Waals surface area contributed by atoms with E-state index in [4.69, 9.17) is 18.9 Å². The molecule has 2 heterocycles. The molecule has 0 atom stereocenters. The fourth-order valence-electron chi connectivity index (χ4n) is 5.71. The van der Waals surface area contributed by atoms with Gasteiger partial charge in [-0.3, -0.25) is 9.69 Å². The minimum atomic E-state index is -0.544. The van der Waals surface area contributed by atoms with Gasteiger partial charge in [0, 0.05) is 39.4 Å². The normalized spacial score (nSPS) is 13.2. The number of esters is 2. The Bertz CT molecular complexity index is 1890. The molecule has 6 rings (SSSR count). The second kappa shape index (κ2) is 14.6. The fourth-order valence-corrected chi connectivity index (χ4v) is 6.98. The highest BCUT2D eigenvalue weighted by molar-refractivity contribution is 7.22. The van der Waals surface area contributed by atoms with E-state index in [9.17, 15) is 14.4 Å². The third-order valence-electron chi connectivity index (χ3n) is 8.23. The molecule has 0 bridgehead atoms. The van der Waals surface area contributed by atoms with Crippen LogP contribution in [0.3, 0.4) is 0 Å². The van der Waals surface area contributed by atoms with Crippen molar-refractivity contribution in [2.45, 2.75) is 19.3 Å². The van der Waals surface area contributed by atoms with E-state index in [1.165, 1.54) is 44.8 Å². The van der Waals surface area contributed by atoms with E-state index >= 15 is 0 Å². The van der Waals surface area contributed by atoms with Gasteiger partial charge < -0.3 is 18.9 Å². The van der Waals surface area contributed by atoms with Crippen LogP contribution in [0.15, 0.2) is 91.0 Å². The topological polar surface area (TPSA) is 91.4 Å². The van der Waals surface area contributed by atoms with Gasteiger partial charge in [0.1, 0.15) is 23.9 Å². The van der Waals surface area contributed by atoms with Crippen molar-refractivity contribution in [3.05, 3.63) is 113 Å². The molecule has 4 aromatic carbocycles. The van der Waals surface area contributed by atoms with Crippen molar-refractivity contribution < 1.29 is 33.3 Å². The van der Waals surface area contributed by atoms with Crippen LogP contribution in [0.4, 0.5) is 0 Å². The van der Waals surface area contributed by atoms with Crippen LogP contribution in [0.25, 0.3) is 20.5 Å². The van der Waals surface area contributed by atoms with Gasteiger partial charge in [0.25, 0.3) is 0 Å². The number of ether oxygens (including phenoxy) is 4. The zero-order valence-corrected chi connectivity index (χ0v) is 27.1. The molecule has 240 valence electrons. The molecule has 0 amide bonds. The zero-order chi connectivity index (χ0) is 32.8. The van der Waals surface area contributed by atoms with Gasteiger partial charge in [-0.15, -0.1) is 11.3 Å². The number of piperidine rings is 1. The lowest BCUT2D eigenvalue weighted by Crippen LogP contribution is -2.33. The lowest BCUT2D eigenvalue weighted by Gasteiger charge is -2.26. The lowest BCUT2D eigenvalue weighted by atomic mass is 9.96. The molecule has 9 heteroatoms. The third kappa shape index (κ3) is 7.21. The first-order valence-corrected chi connectivity index (χ1v) is 16.4. The van der Waals surface area contributed by atoms with E-state index in [-0.39, 0.29) is 11.5 Å². The number of carbonyl (C=O) groups excluding carboxylic acids is 3. The molecule has 5 aromatic rings. The van der Waals surface area contributed by atoms with E-state index in [1.807, 2.05) is 18.2 Å².